The summed E-state index contributed by atoms with van der Waals surface area (Å²) in [6, 6.07) is 15.4. The van der Waals surface area contributed by atoms with E-state index in [2.05, 4.69) is 25.6 Å². The van der Waals surface area contributed by atoms with Gasteiger partial charge in [-0.2, -0.15) is 4.98 Å². The van der Waals surface area contributed by atoms with Crippen LogP contribution in [0.5, 0.6) is 0 Å². The van der Waals surface area contributed by atoms with E-state index in [0.29, 0.717) is 28.7 Å². The number of aliphatic hydroxyl groups excluding tert-OH is 1. The molecule has 2 heterocycles. The van der Waals surface area contributed by atoms with Gasteiger partial charge in [0.2, 0.25) is 11.8 Å². The Morgan fingerprint density at radius 2 is 1.76 bits per heavy atom. The van der Waals surface area contributed by atoms with Gasteiger partial charge in [0.25, 0.3) is 0 Å². The topological polar surface area (TPSA) is 130 Å². The summed E-state index contributed by atoms with van der Waals surface area (Å²) in [5.74, 6) is 1.70. The molecule has 2 aromatic heterocycles. The standard InChI is InChI=1S/C23H23N5O4S/c1-15-12-24-22(32-15)19-13-25-23(26-17-8-10-18(11-9-17)33(2,30)31)28-21(19)27-20(14-29)16-6-4-3-5-7-16/h3-13,20,29H,14H2,1-2H3,(H2,25,26,27,28)/t20-/m1/s1. The van der Waals surface area contributed by atoms with Gasteiger partial charge in [-0.3, -0.25) is 0 Å². The molecule has 0 saturated carbocycles. The van der Waals surface area contributed by atoms with Crippen molar-refractivity contribution in [2.24, 2.45) is 0 Å². The predicted octanol–water partition coefficient (Wildman–Crippen LogP) is 3.73. The summed E-state index contributed by atoms with van der Waals surface area (Å²) >= 11 is 0. The number of aryl methyl sites for hydroxylation is 1. The third kappa shape index (κ3) is 5.36. The summed E-state index contributed by atoms with van der Waals surface area (Å²) in [4.78, 5) is 13.4. The number of aromatic nitrogens is 3. The number of oxazole rings is 1. The van der Waals surface area contributed by atoms with Crippen molar-refractivity contribution in [3.8, 4) is 11.5 Å². The average molecular weight is 466 g/mol. The zero-order valence-electron chi connectivity index (χ0n) is 18.1. The van der Waals surface area contributed by atoms with Crippen molar-refractivity contribution < 1.29 is 17.9 Å². The monoisotopic (exact) mass is 465 g/mol. The van der Waals surface area contributed by atoms with E-state index in [1.165, 1.54) is 12.1 Å². The van der Waals surface area contributed by atoms with Gasteiger partial charge in [0.1, 0.15) is 11.6 Å². The van der Waals surface area contributed by atoms with Gasteiger partial charge in [-0.15, -0.1) is 0 Å². The minimum absolute atomic E-state index is 0.159. The number of aliphatic hydroxyl groups is 1. The van der Waals surface area contributed by atoms with Gasteiger partial charge in [0, 0.05) is 18.1 Å². The molecule has 9 nitrogen and oxygen atoms in total. The molecule has 0 aliphatic rings. The van der Waals surface area contributed by atoms with Gasteiger partial charge in [-0.05, 0) is 36.8 Å². The normalized spacial score (nSPS) is 12.3. The van der Waals surface area contributed by atoms with Crippen LogP contribution in [0.1, 0.15) is 17.4 Å². The Bertz CT molecular complexity index is 1340. The highest BCUT2D eigenvalue weighted by Crippen LogP contribution is 2.30. The fraction of sp³-hybridized carbons (Fsp3) is 0.174. The van der Waals surface area contributed by atoms with Crippen LogP contribution in [0.4, 0.5) is 17.5 Å². The lowest BCUT2D eigenvalue weighted by atomic mass is 10.1. The van der Waals surface area contributed by atoms with Crippen LogP contribution in [0.3, 0.4) is 0 Å². The van der Waals surface area contributed by atoms with E-state index in [4.69, 9.17) is 4.42 Å². The minimum atomic E-state index is -3.29. The molecule has 0 aliphatic carbocycles. The first kappa shape index (κ1) is 22.4. The molecule has 33 heavy (non-hydrogen) atoms. The van der Waals surface area contributed by atoms with Gasteiger partial charge >= 0.3 is 0 Å². The molecule has 0 fully saturated rings. The van der Waals surface area contributed by atoms with E-state index >= 15 is 0 Å². The molecular formula is C23H23N5O4S. The predicted molar refractivity (Wildman–Crippen MR) is 125 cm³/mol. The van der Waals surface area contributed by atoms with E-state index in [0.717, 1.165) is 11.8 Å². The van der Waals surface area contributed by atoms with Crippen molar-refractivity contribution >= 4 is 27.3 Å². The highest BCUT2D eigenvalue weighted by molar-refractivity contribution is 7.90. The number of nitrogens with one attached hydrogen (secondary N) is 2. The van der Waals surface area contributed by atoms with Crippen LogP contribution in [0.25, 0.3) is 11.5 Å². The molecular weight excluding hydrogens is 442 g/mol. The fourth-order valence-electron chi connectivity index (χ4n) is 3.19. The summed E-state index contributed by atoms with van der Waals surface area (Å²) in [5.41, 5.74) is 2.05. The van der Waals surface area contributed by atoms with Gasteiger partial charge < -0.3 is 20.2 Å². The second-order valence-corrected chi connectivity index (χ2v) is 9.46. The molecule has 3 N–H and O–H groups in total. The number of nitrogens with zero attached hydrogens (tertiary/aromatic N) is 3. The molecule has 0 radical (unpaired) electrons. The molecule has 2 aromatic carbocycles. The smallest absolute Gasteiger partial charge is 0.231 e. The van der Waals surface area contributed by atoms with Crippen molar-refractivity contribution in [1.29, 1.82) is 0 Å². The van der Waals surface area contributed by atoms with Crippen molar-refractivity contribution in [2.45, 2.75) is 17.9 Å². The first-order chi connectivity index (χ1) is 15.8. The van der Waals surface area contributed by atoms with Crippen LogP contribution in [0.15, 0.2) is 76.3 Å². The molecule has 4 aromatic rings. The van der Waals surface area contributed by atoms with Gasteiger partial charge in [0.15, 0.2) is 9.84 Å². The number of sulfone groups is 1. The summed E-state index contributed by atoms with van der Waals surface area (Å²) in [6.07, 6.45) is 4.34. The Hall–Kier alpha value is -3.76. The summed E-state index contributed by atoms with van der Waals surface area (Å²) in [7, 11) is -3.29. The Morgan fingerprint density at radius 3 is 2.36 bits per heavy atom. The van der Waals surface area contributed by atoms with Crippen LogP contribution in [-0.2, 0) is 9.84 Å². The van der Waals surface area contributed by atoms with E-state index in [-0.39, 0.29) is 17.5 Å². The molecule has 0 aliphatic heterocycles. The Morgan fingerprint density at radius 1 is 1.03 bits per heavy atom. The molecule has 10 heteroatoms. The number of hydrogen-bond acceptors (Lipinski definition) is 9. The molecule has 4 rings (SSSR count). The minimum Gasteiger partial charge on any atom is -0.441 e. The largest absolute Gasteiger partial charge is 0.441 e. The molecule has 170 valence electrons. The number of anilines is 3. The van der Waals surface area contributed by atoms with Crippen molar-refractivity contribution in [2.75, 3.05) is 23.5 Å². The van der Waals surface area contributed by atoms with Crippen LogP contribution < -0.4 is 10.6 Å². The number of rotatable bonds is 8. The molecule has 1 atom stereocenters. The third-order valence-corrected chi connectivity index (χ3v) is 6.00. The Kier molecular flexibility index (Phi) is 6.38. The van der Waals surface area contributed by atoms with E-state index in [1.807, 2.05) is 30.3 Å². The van der Waals surface area contributed by atoms with Crippen LogP contribution in [-0.4, -0.2) is 41.3 Å². The lowest BCUT2D eigenvalue weighted by molar-refractivity contribution is 0.276. The van der Waals surface area contributed by atoms with Crippen molar-refractivity contribution in [3.05, 3.63) is 78.3 Å². The van der Waals surface area contributed by atoms with Crippen molar-refractivity contribution in [3.63, 3.8) is 0 Å². The summed E-state index contributed by atoms with van der Waals surface area (Å²) < 4.78 is 29.0. The van der Waals surface area contributed by atoms with E-state index < -0.39 is 15.9 Å². The van der Waals surface area contributed by atoms with Crippen LogP contribution in [0, 0.1) is 6.92 Å². The molecule has 0 bridgehead atoms. The maximum absolute atomic E-state index is 11.7. The summed E-state index contributed by atoms with van der Waals surface area (Å²) in [6.45, 7) is 1.63. The molecule has 0 amide bonds. The molecule has 0 unspecified atom stereocenters. The quantitative estimate of drug-likeness (QED) is 0.356. The van der Waals surface area contributed by atoms with Crippen LogP contribution in [0.2, 0.25) is 0 Å². The second kappa shape index (κ2) is 9.39. The Labute approximate surface area is 191 Å². The first-order valence-electron chi connectivity index (χ1n) is 10.1. The fourth-order valence-corrected chi connectivity index (χ4v) is 3.82. The number of benzene rings is 2. The zero-order valence-corrected chi connectivity index (χ0v) is 18.9. The first-order valence-corrected chi connectivity index (χ1v) is 12.0. The average Bonchev–Trinajstić information content (AvgIpc) is 3.24. The van der Waals surface area contributed by atoms with E-state index in [1.54, 1.807) is 31.5 Å². The highest BCUT2D eigenvalue weighted by Gasteiger charge is 2.18. The van der Waals surface area contributed by atoms with Crippen molar-refractivity contribution in [1.82, 2.24) is 15.0 Å². The van der Waals surface area contributed by atoms with Crippen LogP contribution >= 0.6 is 0 Å². The van der Waals surface area contributed by atoms with Gasteiger partial charge in [-0.1, -0.05) is 30.3 Å². The molecule has 0 saturated heterocycles. The lowest BCUT2D eigenvalue weighted by Gasteiger charge is -2.19. The SMILES string of the molecule is Cc1cnc(-c2cnc(Nc3ccc(S(C)(=O)=O)cc3)nc2N[C@H](CO)c2ccccc2)o1. The number of hydrogen-bond donors (Lipinski definition) is 3. The highest BCUT2D eigenvalue weighted by atomic mass is 32.2. The summed E-state index contributed by atoms with van der Waals surface area (Å²) in [5, 5.41) is 16.3. The van der Waals surface area contributed by atoms with Gasteiger partial charge in [-0.25, -0.2) is 18.4 Å². The maximum Gasteiger partial charge on any atom is 0.231 e. The third-order valence-electron chi connectivity index (χ3n) is 4.87. The zero-order chi connectivity index (χ0) is 23.4. The maximum atomic E-state index is 11.7. The Balaban J connectivity index is 1.67. The lowest BCUT2D eigenvalue weighted by Crippen LogP contribution is -2.17. The van der Waals surface area contributed by atoms with E-state index in [9.17, 15) is 13.5 Å². The second-order valence-electron chi connectivity index (χ2n) is 7.44. The van der Waals surface area contributed by atoms with Gasteiger partial charge in [0.05, 0.1) is 29.3 Å². The molecule has 0 spiro atoms.